The molecule has 0 saturated carbocycles. The van der Waals surface area contributed by atoms with Crippen LogP contribution < -0.4 is 16.6 Å². The number of likely N-dealkylation sites (N-methyl/N-ethyl adjacent to an activating group) is 1. The SMILES string of the molecule is CN1CCCC(Nc2nc(NN)nc3[nH]ncc23)C1. The lowest BCUT2D eigenvalue weighted by molar-refractivity contribution is 0.261. The molecule has 1 aliphatic heterocycles. The largest absolute Gasteiger partial charge is 0.365 e. The number of aromatic nitrogens is 4. The molecule has 8 nitrogen and oxygen atoms in total. The number of aromatic amines is 1. The van der Waals surface area contributed by atoms with Crippen LogP contribution in [-0.4, -0.2) is 51.2 Å². The molecule has 0 spiro atoms. The van der Waals surface area contributed by atoms with Crippen molar-refractivity contribution in [1.82, 2.24) is 25.1 Å². The molecule has 0 aliphatic carbocycles. The van der Waals surface area contributed by atoms with Crippen molar-refractivity contribution in [2.75, 3.05) is 30.9 Å². The van der Waals surface area contributed by atoms with Crippen molar-refractivity contribution in [3.05, 3.63) is 6.20 Å². The van der Waals surface area contributed by atoms with Crippen LogP contribution in [0.1, 0.15) is 12.8 Å². The highest BCUT2D eigenvalue weighted by molar-refractivity contribution is 5.87. The van der Waals surface area contributed by atoms with Crippen LogP contribution in [0.3, 0.4) is 0 Å². The first-order valence-corrected chi connectivity index (χ1v) is 6.39. The summed E-state index contributed by atoms with van der Waals surface area (Å²) >= 11 is 0. The zero-order valence-electron chi connectivity index (χ0n) is 10.8. The minimum Gasteiger partial charge on any atom is -0.365 e. The Hall–Kier alpha value is -1.93. The zero-order valence-corrected chi connectivity index (χ0v) is 10.8. The van der Waals surface area contributed by atoms with E-state index in [2.05, 4.69) is 42.9 Å². The summed E-state index contributed by atoms with van der Waals surface area (Å²) in [6.07, 6.45) is 4.05. The van der Waals surface area contributed by atoms with Crippen molar-refractivity contribution in [2.45, 2.75) is 18.9 Å². The van der Waals surface area contributed by atoms with E-state index in [1.807, 2.05) is 0 Å². The van der Waals surface area contributed by atoms with E-state index in [1.165, 1.54) is 6.42 Å². The third-order valence-electron chi connectivity index (χ3n) is 3.40. The highest BCUT2D eigenvalue weighted by Gasteiger charge is 2.19. The Morgan fingerprint density at radius 1 is 1.47 bits per heavy atom. The van der Waals surface area contributed by atoms with Crippen molar-refractivity contribution in [2.24, 2.45) is 5.84 Å². The molecule has 1 unspecified atom stereocenters. The van der Waals surface area contributed by atoms with E-state index in [4.69, 9.17) is 5.84 Å². The van der Waals surface area contributed by atoms with E-state index in [0.29, 0.717) is 17.6 Å². The fraction of sp³-hybridized carbons (Fsp3) is 0.545. The van der Waals surface area contributed by atoms with Crippen molar-refractivity contribution >= 4 is 22.8 Å². The van der Waals surface area contributed by atoms with Crippen molar-refractivity contribution in [3.63, 3.8) is 0 Å². The molecule has 5 N–H and O–H groups in total. The number of hydrogen-bond donors (Lipinski definition) is 4. The van der Waals surface area contributed by atoms with Crippen LogP contribution in [0.5, 0.6) is 0 Å². The third-order valence-corrected chi connectivity index (χ3v) is 3.40. The second-order valence-electron chi connectivity index (χ2n) is 4.92. The average Bonchev–Trinajstić information content (AvgIpc) is 2.87. The first kappa shape index (κ1) is 12.1. The van der Waals surface area contributed by atoms with Crippen LogP contribution in [0, 0.1) is 0 Å². The number of nitrogens with zero attached hydrogens (tertiary/aromatic N) is 4. The Balaban J connectivity index is 1.88. The molecule has 0 bridgehead atoms. The number of piperidine rings is 1. The quantitative estimate of drug-likeness (QED) is 0.460. The van der Waals surface area contributed by atoms with Gasteiger partial charge < -0.3 is 10.2 Å². The van der Waals surface area contributed by atoms with Gasteiger partial charge in [-0.25, -0.2) is 5.84 Å². The number of hydrogen-bond acceptors (Lipinski definition) is 7. The summed E-state index contributed by atoms with van der Waals surface area (Å²) in [6, 6.07) is 0.386. The van der Waals surface area contributed by atoms with E-state index >= 15 is 0 Å². The summed E-state index contributed by atoms with van der Waals surface area (Å²) in [6.45, 7) is 2.16. The molecule has 3 rings (SSSR count). The minimum atomic E-state index is 0.378. The van der Waals surface area contributed by atoms with Crippen LogP contribution in [0.15, 0.2) is 6.20 Å². The fourth-order valence-corrected chi connectivity index (χ4v) is 2.49. The van der Waals surface area contributed by atoms with Gasteiger partial charge in [0.05, 0.1) is 11.6 Å². The number of fused-ring (bicyclic) bond motifs is 1. The number of anilines is 2. The number of likely N-dealkylation sites (tertiary alicyclic amines) is 1. The maximum Gasteiger partial charge on any atom is 0.241 e. The number of hydrazine groups is 1. The van der Waals surface area contributed by atoms with Crippen molar-refractivity contribution in [1.29, 1.82) is 0 Å². The van der Waals surface area contributed by atoms with Crippen LogP contribution in [-0.2, 0) is 0 Å². The van der Waals surface area contributed by atoms with Gasteiger partial charge in [-0.2, -0.15) is 15.1 Å². The van der Waals surface area contributed by atoms with Crippen molar-refractivity contribution < 1.29 is 0 Å². The lowest BCUT2D eigenvalue weighted by Gasteiger charge is -2.30. The summed E-state index contributed by atoms with van der Waals surface area (Å²) < 4.78 is 0. The molecule has 19 heavy (non-hydrogen) atoms. The zero-order chi connectivity index (χ0) is 13.2. The van der Waals surface area contributed by atoms with Gasteiger partial charge in [-0.3, -0.25) is 10.5 Å². The highest BCUT2D eigenvalue weighted by Crippen LogP contribution is 2.22. The minimum absolute atomic E-state index is 0.378. The summed E-state index contributed by atoms with van der Waals surface area (Å²) in [5.41, 5.74) is 3.15. The Kier molecular flexibility index (Phi) is 3.18. The smallest absolute Gasteiger partial charge is 0.241 e. The summed E-state index contributed by atoms with van der Waals surface area (Å²) in [5.74, 6) is 6.54. The van der Waals surface area contributed by atoms with E-state index in [1.54, 1.807) is 6.20 Å². The molecule has 1 saturated heterocycles. The maximum atomic E-state index is 5.39. The van der Waals surface area contributed by atoms with E-state index in [0.717, 1.165) is 30.7 Å². The third kappa shape index (κ3) is 2.45. The number of nitrogens with two attached hydrogens (primary N) is 1. The highest BCUT2D eigenvalue weighted by atomic mass is 15.3. The first-order valence-electron chi connectivity index (χ1n) is 6.39. The first-order chi connectivity index (χ1) is 9.26. The van der Waals surface area contributed by atoms with Gasteiger partial charge in [0.1, 0.15) is 5.82 Å². The summed E-state index contributed by atoms with van der Waals surface area (Å²) in [7, 11) is 2.13. The molecular formula is C11H18N8. The van der Waals surface area contributed by atoms with Crippen LogP contribution in [0.25, 0.3) is 11.0 Å². The Morgan fingerprint density at radius 3 is 3.16 bits per heavy atom. The molecule has 1 atom stereocenters. The van der Waals surface area contributed by atoms with Gasteiger partial charge in [-0.15, -0.1) is 0 Å². The molecule has 0 radical (unpaired) electrons. The second-order valence-corrected chi connectivity index (χ2v) is 4.92. The van der Waals surface area contributed by atoms with E-state index < -0.39 is 0 Å². The van der Waals surface area contributed by atoms with E-state index in [-0.39, 0.29) is 0 Å². The second kappa shape index (κ2) is 4.98. The van der Waals surface area contributed by atoms with Gasteiger partial charge >= 0.3 is 0 Å². The van der Waals surface area contributed by atoms with E-state index in [9.17, 15) is 0 Å². The van der Waals surface area contributed by atoms with Gasteiger partial charge in [-0.1, -0.05) is 0 Å². The fourth-order valence-electron chi connectivity index (χ4n) is 2.49. The van der Waals surface area contributed by atoms with Crippen LogP contribution in [0.2, 0.25) is 0 Å². The van der Waals surface area contributed by atoms with Gasteiger partial charge in [-0.05, 0) is 26.4 Å². The summed E-state index contributed by atoms with van der Waals surface area (Å²) in [4.78, 5) is 10.9. The number of H-pyrrole nitrogens is 1. The summed E-state index contributed by atoms with van der Waals surface area (Å²) in [5, 5.41) is 11.2. The van der Waals surface area contributed by atoms with Gasteiger partial charge in [0, 0.05) is 12.6 Å². The topological polar surface area (TPSA) is 108 Å². The predicted molar refractivity (Wildman–Crippen MR) is 73.6 cm³/mol. The normalized spacial score (nSPS) is 20.6. The average molecular weight is 262 g/mol. The molecule has 1 fully saturated rings. The van der Waals surface area contributed by atoms with Gasteiger partial charge in [0.15, 0.2) is 5.65 Å². The van der Waals surface area contributed by atoms with Gasteiger partial charge in [0.25, 0.3) is 0 Å². The molecular weight excluding hydrogens is 244 g/mol. The monoisotopic (exact) mass is 262 g/mol. The number of nitrogen functional groups attached to an aromatic ring is 1. The standard InChI is InChI=1S/C11H18N8/c1-19-4-2-3-7(6-19)14-9-8-5-13-18-10(8)16-11(15-9)17-12/h5,7H,2-4,6,12H2,1H3,(H3,13,14,15,16,17,18). The Morgan fingerprint density at radius 2 is 2.37 bits per heavy atom. The lowest BCUT2D eigenvalue weighted by atomic mass is 10.1. The van der Waals surface area contributed by atoms with Crippen molar-refractivity contribution in [3.8, 4) is 0 Å². The molecule has 102 valence electrons. The molecule has 2 aromatic heterocycles. The molecule has 1 aliphatic rings. The predicted octanol–water partition coefficient (Wildman–Crippen LogP) is 0.145. The molecule has 0 amide bonds. The number of nitrogens with one attached hydrogen (secondary N) is 3. The van der Waals surface area contributed by atoms with Crippen LogP contribution >= 0.6 is 0 Å². The lowest BCUT2D eigenvalue weighted by Crippen LogP contribution is -2.40. The maximum absolute atomic E-state index is 5.39. The Labute approximate surface area is 110 Å². The molecule has 3 heterocycles. The number of rotatable bonds is 3. The Bertz CT molecular complexity index is 565. The molecule has 0 aromatic carbocycles. The van der Waals surface area contributed by atoms with Gasteiger partial charge in [0.2, 0.25) is 5.95 Å². The van der Waals surface area contributed by atoms with Crippen LogP contribution in [0.4, 0.5) is 11.8 Å². The molecule has 8 heteroatoms. The molecule has 2 aromatic rings.